The first-order chi connectivity index (χ1) is 8.79. The highest BCUT2D eigenvalue weighted by atomic mass is 16.5. The van der Waals surface area contributed by atoms with Crippen molar-refractivity contribution in [3.8, 4) is 5.75 Å². The van der Waals surface area contributed by atoms with Gasteiger partial charge in [-0.05, 0) is 43.9 Å². The van der Waals surface area contributed by atoms with Gasteiger partial charge in [0.05, 0.1) is 13.2 Å². The molecular formula is C15H23NO2. The van der Waals surface area contributed by atoms with Crippen molar-refractivity contribution in [3.63, 3.8) is 0 Å². The molecule has 0 unspecified atom stereocenters. The molecule has 18 heavy (non-hydrogen) atoms. The molecule has 100 valence electrons. The van der Waals surface area contributed by atoms with Crippen LogP contribution < -0.4 is 10.5 Å². The molecule has 0 amide bonds. The van der Waals surface area contributed by atoms with Crippen LogP contribution in [-0.4, -0.2) is 13.2 Å². The predicted molar refractivity (Wildman–Crippen MR) is 73.6 cm³/mol. The van der Waals surface area contributed by atoms with Gasteiger partial charge in [-0.15, -0.1) is 0 Å². The summed E-state index contributed by atoms with van der Waals surface area (Å²) in [4.78, 5) is 0. The van der Waals surface area contributed by atoms with Crippen LogP contribution in [0.5, 0.6) is 5.75 Å². The van der Waals surface area contributed by atoms with E-state index in [2.05, 4.69) is 0 Å². The SMILES string of the molecule is CCOc1ccc(N)cc1COCC1CCCC1. The molecule has 2 N–H and O–H groups in total. The Hall–Kier alpha value is -1.22. The van der Waals surface area contributed by atoms with Crippen LogP contribution >= 0.6 is 0 Å². The van der Waals surface area contributed by atoms with E-state index < -0.39 is 0 Å². The number of ether oxygens (including phenoxy) is 2. The maximum absolute atomic E-state index is 5.81. The van der Waals surface area contributed by atoms with E-state index in [1.165, 1.54) is 25.7 Å². The summed E-state index contributed by atoms with van der Waals surface area (Å²) in [5.74, 6) is 1.64. The minimum atomic E-state index is 0.594. The molecule has 1 aromatic carbocycles. The molecule has 1 saturated carbocycles. The van der Waals surface area contributed by atoms with E-state index in [9.17, 15) is 0 Å². The Kier molecular flexibility index (Phi) is 4.88. The normalized spacial score (nSPS) is 16.1. The van der Waals surface area contributed by atoms with Gasteiger partial charge in [0.15, 0.2) is 0 Å². The number of rotatable bonds is 6. The van der Waals surface area contributed by atoms with Crippen LogP contribution in [0.25, 0.3) is 0 Å². The number of anilines is 1. The van der Waals surface area contributed by atoms with Crippen LogP contribution in [-0.2, 0) is 11.3 Å². The molecule has 0 spiro atoms. The molecule has 0 atom stereocenters. The van der Waals surface area contributed by atoms with Crippen molar-refractivity contribution in [2.75, 3.05) is 18.9 Å². The third-order valence-electron chi connectivity index (χ3n) is 3.47. The van der Waals surface area contributed by atoms with Crippen LogP contribution in [0.4, 0.5) is 5.69 Å². The monoisotopic (exact) mass is 249 g/mol. The van der Waals surface area contributed by atoms with E-state index in [1.54, 1.807) is 0 Å². The Morgan fingerprint density at radius 3 is 2.78 bits per heavy atom. The van der Waals surface area contributed by atoms with Gasteiger partial charge in [-0.1, -0.05) is 12.8 Å². The average molecular weight is 249 g/mol. The Balaban J connectivity index is 1.88. The van der Waals surface area contributed by atoms with Gasteiger partial charge in [-0.3, -0.25) is 0 Å². The summed E-state index contributed by atoms with van der Waals surface area (Å²) in [6, 6.07) is 5.73. The molecule has 1 aliphatic rings. The summed E-state index contributed by atoms with van der Waals surface area (Å²) in [7, 11) is 0. The lowest BCUT2D eigenvalue weighted by atomic mass is 10.1. The molecule has 3 nitrogen and oxygen atoms in total. The van der Waals surface area contributed by atoms with Gasteiger partial charge < -0.3 is 15.2 Å². The summed E-state index contributed by atoms with van der Waals surface area (Å²) < 4.78 is 11.4. The smallest absolute Gasteiger partial charge is 0.124 e. The van der Waals surface area contributed by atoms with Gasteiger partial charge in [-0.25, -0.2) is 0 Å². The topological polar surface area (TPSA) is 44.5 Å². The molecule has 1 aliphatic carbocycles. The van der Waals surface area contributed by atoms with Crippen LogP contribution in [0.3, 0.4) is 0 Å². The zero-order chi connectivity index (χ0) is 12.8. The van der Waals surface area contributed by atoms with Crippen molar-refractivity contribution in [2.24, 2.45) is 5.92 Å². The lowest BCUT2D eigenvalue weighted by Gasteiger charge is -2.13. The first-order valence-corrected chi connectivity index (χ1v) is 6.88. The van der Waals surface area contributed by atoms with E-state index >= 15 is 0 Å². The minimum Gasteiger partial charge on any atom is -0.494 e. The molecule has 0 aromatic heterocycles. The van der Waals surface area contributed by atoms with Gasteiger partial charge in [0.1, 0.15) is 5.75 Å². The molecule has 2 rings (SSSR count). The van der Waals surface area contributed by atoms with Crippen molar-refractivity contribution in [1.29, 1.82) is 0 Å². The highest BCUT2D eigenvalue weighted by Gasteiger charge is 2.15. The molecule has 1 fully saturated rings. The molecule has 0 aliphatic heterocycles. The van der Waals surface area contributed by atoms with E-state index in [-0.39, 0.29) is 0 Å². The van der Waals surface area contributed by atoms with E-state index in [1.807, 2.05) is 25.1 Å². The van der Waals surface area contributed by atoms with Gasteiger partial charge in [0.25, 0.3) is 0 Å². The van der Waals surface area contributed by atoms with Crippen LogP contribution in [0.1, 0.15) is 38.2 Å². The summed E-state index contributed by atoms with van der Waals surface area (Å²) >= 11 is 0. The predicted octanol–water partition coefficient (Wildman–Crippen LogP) is 3.37. The van der Waals surface area contributed by atoms with Crippen LogP contribution in [0, 0.1) is 5.92 Å². The molecule has 3 heteroatoms. The van der Waals surface area contributed by atoms with Gasteiger partial charge >= 0.3 is 0 Å². The molecule has 1 aromatic rings. The molecule has 0 bridgehead atoms. The molecule has 0 radical (unpaired) electrons. The van der Waals surface area contributed by atoms with Crippen molar-refractivity contribution in [2.45, 2.75) is 39.2 Å². The second kappa shape index (κ2) is 6.64. The quantitative estimate of drug-likeness (QED) is 0.786. The second-order valence-electron chi connectivity index (χ2n) is 4.97. The Labute approximate surface area is 109 Å². The molecule has 0 saturated heterocycles. The van der Waals surface area contributed by atoms with E-state index in [0.29, 0.717) is 13.2 Å². The van der Waals surface area contributed by atoms with Crippen molar-refractivity contribution in [3.05, 3.63) is 23.8 Å². The zero-order valence-electron chi connectivity index (χ0n) is 11.2. The summed E-state index contributed by atoms with van der Waals surface area (Å²) in [6.45, 7) is 4.11. The lowest BCUT2D eigenvalue weighted by Crippen LogP contribution is -2.07. The molecule has 0 heterocycles. The highest BCUT2D eigenvalue weighted by molar-refractivity contribution is 5.47. The standard InChI is InChI=1S/C15H23NO2/c1-2-18-15-8-7-14(16)9-13(15)11-17-10-12-5-3-4-6-12/h7-9,12H,2-6,10-11,16H2,1H3. The summed E-state index contributed by atoms with van der Waals surface area (Å²) in [5, 5.41) is 0. The number of nitrogens with two attached hydrogens (primary N) is 1. The fourth-order valence-electron chi connectivity index (χ4n) is 2.52. The number of hydrogen-bond acceptors (Lipinski definition) is 3. The summed E-state index contributed by atoms with van der Waals surface area (Å²) in [6.07, 6.45) is 5.34. The Bertz CT molecular complexity index is 373. The largest absolute Gasteiger partial charge is 0.494 e. The molecular weight excluding hydrogens is 226 g/mol. The average Bonchev–Trinajstić information content (AvgIpc) is 2.86. The van der Waals surface area contributed by atoms with Gasteiger partial charge in [-0.2, -0.15) is 0 Å². The highest BCUT2D eigenvalue weighted by Crippen LogP contribution is 2.26. The van der Waals surface area contributed by atoms with Crippen molar-refractivity contribution >= 4 is 5.69 Å². The van der Waals surface area contributed by atoms with Gasteiger partial charge in [0, 0.05) is 17.9 Å². The Morgan fingerprint density at radius 2 is 2.06 bits per heavy atom. The van der Waals surface area contributed by atoms with E-state index in [0.717, 1.165) is 29.5 Å². The number of hydrogen-bond donors (Lipinski definition) is 1. The third kappa shape index (κ3) is 3.64. The maximum atomic E-state index is 5.81. The summed E-state index contributed by atoms with van der Waals surface area (Å²) in [5.41, 5.74) is 7.62. The first-order valence-electron chi connectivity index (χ1n) is 6.88. The maximum Gasteiger partial charge on any atom is 0.124 e. The fraction of sp³-hybridized carbons (Fsp3) is 0.600. The number of nitrogen functional groups attached to an aromatic ring is 1. The van der Waals surface area contributed by atoms with Crippen LogP contribution in [0.15, 0.2) is 18.2 Å². The third-order valence-corrected chi connectivity index (χ3v) is 3.47. The first kappa shape index (κ1) is 13.2. The van der Waals surface area contributed by atoms with E-state index in [4.69, 9.17) is 15.2 Å². The van der Waals surface area contributed by atoms with Gasteiger partial charge in [0.2, 0.25) is 0 Å². The van der Waals surface area contributed by atoms with Crippen molar-refractivity contribution < 1.29 is 9.47 Å². The van der Waals surface area contributed by atoms with Crippen molar-refractivity contribution in [1.82, 2.24) is 0 Å². The minimum absolute atomic E-state index is 0.594. The zero-order valence-corrected chi connectivity index (χ0v) is 11.2. The number of benzene rings is 1. The second-order valence-corrected chi connectivity index (χ2v) is 4.97. The van der Waals surface area contributed by atoms with Crippen LogP contribution in [0.2, 0.25) is 0 Å². The lowest BCUT2D eigenvalue weighted by molar-refractivity contribution is 0.0871. The Morgan fingerprint density at radius 1 is 1.28 bits per heavy atom. The fourth-order valence-corrected chi connectivity index (χ4v) is 2.52.